The summed E-state index contributed by atoms with van der Waals surface area (Å²) in [6.45, 7) is 5.15. The molecule has 0 fully saturated rings. The summed E-state index contributed by atoms with van der Waals surface area (Å²) in [6, 6.07) is 8.77. The number of rotatable bonds is 5. The first-order valence-electron chi connectivity index (χ1n) is 9.33. The lowest BCUT2D eigenvalue weighted by molar-refractivity contribution is 0.499. The number of aryl methyl sites for hydroxylation is 1. The van der Waals surface area contributed by atoms with Gasteiger partial charge in [-0.25, -0.2) is 0 Å². The molecule has 0 saturated heterocycles. The van der Waals surface area contributed by atoms with Gasteiger partial charge in [-0.1, -0.05) is 23.7 Å². The Morgan fingerprint density at radius 3 is 3.00 bits per heavy atom. The highest BCUT2D eigenvalue weighted by atomic mass is 35.5. The molecule has 5 nitrogen and oxygen atoms in total. The van der Waals surface area contributed by atoms with E-state index in [4.69, 9.17) is 16.7 Å². The maximum Gasteiger partial charge on any atom is 0.191 e. The van der Waals surface area contributed by atoms with Crippen LogP contribution in [-0.4, -0.2) is 35.4 Å². The molecule has 0 aliphatic heterocycles. The van der Waals surface area contributed by atoms with E-state index in [1.54, 1.807) is 0 Å². The Bertz CT molecular complexity index is 765. The van der Waals surface area contributed by atoms with Crippen LogP contribution in [0.5, 0.6) is 0 Å². The molecule has 2 N–H and O–H groups in total. The maximum absolute atomic E-state index is 6.04. The largest absolute Gasteiger partial charge is 0.356 e. The van der Waals surface area contributed by atoms with E-state index in [-0.39, 0.29) is 0 Å². The Balaban J connectivity index is 1.50. The molecule has 1 heterocycles. The van der Waals surface area contributed by atoms with Gasteiger partial charge in [0, 0.05) is 43.3 Å². The van der Waals surface area contributed by atoms with Gasteiger partial charge in [-0.2, -0.15) is 5.10 Å². The molecule has 0 spiro atoms. The molecule has 1 aliphatic rings. The fraction of sp³-hybridized carbons (Fsp3) is 0.500. The first-order valence-corrected chi connectivity index (χ1v) is 9.71. The molecule has 1 aromatic carbocycles. The summed E-state index contributed by atoms with van der Waals surface area (Å²) in [6.07, 6.45) is 6.23. The lowest BCUT2D eigenvalue weighted by Gasteiger charge is -2.24. The molecule has 2 aromatic rings. The van der Waals surface area contributed by atoms with Gasteiger partial charge >= 0.3 is 0 Å². The van der Waals surface area contributed by atoms with Crippen molar-refractivity contribution < 1.29 is 0 Å². The minimum Gasteiger partial charge on any atom is -0.356 e. The number of hydrogen-bond acceptors (Lipinski definition) is 2. The fourth-order valence-corrected chi connectivity index (χ4v) is 3.52. The number of fused-ring (bicyclic) bond motifs is 1. The Labute approximate surface area is 160 Å². The predicted molar refractivity (Wildman–Crippen MR) is 108 cm³/mol. The number of nitrogens with zero attached hydrogens (tertiary/aromatic N) is 3. The van der Waals surface area contributed by atoms with Crippen molar-refractivity contribution in [2.24, 2.45) is 4.99 Å². The zero-order valence-corrected chi connectivity index (χ0v) is 16.6. The van der Waals surface area contributed by atoms with Crippen molar-refractivity contribution in [1.29, 1.82) is 0 Å². The van der Waals surface area contributed by atoms with Crippen molar-refractivity contribution in [2.75, 3.05) is 13.6 Å². The predicted octanol–water partition coefficient (Wildman–Crippen LogP) is 3.38. The fourth-order valence-electron chi connectivity index (χ4n) is 3.31. The van der Waals surface area contributed by atoms with Gasteiger partial charge in [0.25, 0.3) is 0 Å². The van der Waals surface area contributed by atoms with E-state index in [1.807, 2.05) is 25.2 Å². The molecule has 140 valence electrons. The van der Waals surface area contributed by atoms with Gasteiger partial charge in [0.2, 0.25) is 0 Å². The highest BCUT2D eigenvalue weighted by Gasteiger charge is 2.22. The molecule has 3 rings (SSSR count). The molecular formula is C20H28ClN5. The number of aliphatic imine (C=N–C) groups is 1. The van der Waals surface area contributed by atoms with Gasteiger partial charge in [0.15, 0.2) is 5.96 Å². The Morgan fingerprint density at radius 1 is 1.42 bits per heavy atom. The van der Waals surface area contributed by atoms with Crippen molar-refractivity contribution in [1.82, 2.24) is 20.4 Å². The second-order valence-corrected chi connectivity index (χ2v) is 7.57. The number of hydrogen-bond donors (Lipinski definition) is 2. The number of aromatic nitrogens is 2. The van der Waals surface area contributed by atoms with Gasteiger partial charge in [-0.05, 0) is 56.4 Å². The molecule has 0 bridgehead atoms. The van der Waals surface area contributed by atoms with Crippen LogP contribution in [0.15, 0.2) is 35.5 Å². The van der Waals surface area contributed by atoms with Crippen LogP contribution in [0.4, 0.5) is 0 Å². The van der Waals surface area contributed by atoms with Gasteiger partial charge in [0.1, 0.15) is 0 Å². The molecule has 0 radical (unpaired) electrons. The van der Waals surface area contributed by atoms with Gasteiger partial charge in [0.05, 0.1) is 5.69 Å². The van der Waals surface area contributed by atoms with Crippen LogP contribution in [0.2, 0.25) is 5.02 Å². The van der Waals surface area contributed by atoms with Crippen LogP contribution in [0.25, 0.3) is 0 Å². The molecular weight excluding hydrogens is 346 g/mol. The lowest BCUT2D eigenvalue weighted by Crippen LogP contribution is -2.46. The van der Waals surface area contributed by atoms with Crippen LogP contribution >= 0.6 is 11.6 Å². The summed E-state index contributed by atoms with van der Waals surface area (Å²) in [5.41, 5.74) is 3.83. The standard InChI is InChI=1S/C20H28ClN5/c1-14(2)26-13-16-7-8-18(12-19(16)25-26)24-20(22-3)23-10-9-15-5-4-6-17(21)11-15/h4-6,11,13-14,18H,7-10,12H2,1-3H3,(H2,22,23,24). The third kappa shape index (κ3) is 4.79. The average Bonchev–Trinajstić information content (AvgIpc) is 3.04. The monoisotopic (exact) mass is 373 g/mol. The first kappa shape index (κ1) is 18.8. The lowest BCUT2D eigenvalue weighted by atomic mass is 9.94. The summed E-state index contributed by atoms with van der Waals surface area (Å²) < 4.78 is 2.07. The van der Waals surface area contributed by atoms with E-state index in [0.29, 0.717) is 12.1 Å². The van der Waals surface area contributed by atoms with Gasteiger partial charge in [-0.15, -0.1) is 0 Å². The number of guanidine groups is 1. The summed E-state index contributed by atoms with van der Waals surface area (Å²) in [7, 11) is 1.82. The molecule has 26 heavy (non-hydrogen) atoms. The number of benzene rings is 1. The summed E-state index contributed by atoms with van der Waals surface area (Å²) in [5.74, 6) is 0.851. The van der Waals surface area contributed by atoms with Crippen LogP contribution in [0.3, 0.4) is 0 Å². The highest BCUT2D eigenvalue weighted by molar-refractivity contribution is 6.30. The summed E-state index contributed by atoms with van der Waals surface area (Å²) >= 11 is 6.04. The Kier molecular flexibility index (Phi) is 6.20. The van der Waals surface area contributed by atoms with E-state index in [2.05, 4.69) is 46.4 Å². The summed E-state index contributed by atoms with van der Waals surface area (Å²) in [5, 5.41) is 12.5. The van der Waals surface area contributed by atoms with Crippen LogP contribution in [-0.2, 0) is 19.3 Å². The molecule has 1 unspecified atom stereocenters. The topological polar surface area (TPSA) is 54.2 Å². The maximum atomic E-state index is 6.04. The number of halogens is 1. The molecule has 1 atom stereocenters. The van der Waals surface area contributed by atoms with Crippen molar-refractivity contribution in [2.45, 2.75) is 51.6 Å². The zero-order chi connectivity index (χ0) is 18.5. The van der Waals surface area contributed by atoms with Crippen LogP contribution < -0.4 is 10.6 Å². The third-order valence-corrected chi connectivity index (χ3v) is 5.02. The van der Waals surface area contributed by atoms with Crippen LogP contribution in [0, 0.1) is 0 Å². The minimum absolute atomic E-state index is 0.371. The highest BCUT2D eigenvalue weighted by Crippen LogP contribution is 2.21. The minimum atomic E-state index is 0.371. The van der Waals surface area contributed by atoms with Crippen molar-refractivity contribution in [3.63, 3.8) is 0 Å². The molecule has 1 aromatic heterocycles. The average molecular weight is 374 g/mol. The number of nitrogens with one attached hydrogen (secondary N) is 2. The molecule has 0 amide bonds. The Morgan fingerprint density at radius 2 is 2.27 bits per heavy atom. The van der Waals surface area contributed by atoms with E-state index >= 15 is 0 Å². The van der Waals surface area contributed by atoms with E-state index < -0.39 is 0 Å². The van der Waals surface area contributed by atoms with Gasteiger partial charge < -0.3 is 10.6 Å². The quantitative estimate of drug-likeness (QED) is 0.624. The molecule has 6 heteroatoms. The zero-order valence-electron chi connectivity index (χ0n) is 15.8. The SMILES string of the molecule is CN=C(NCCc1cccc(Cl)c1)NC1CCc2cn(C(C)C)nc2C1. The van der Waals surface area contributed by atoms with Crippen molar-refractivity contribution in [3.8, 4) is 0 Å². The molecule has 1 aliphatic carbocycles. The normalized spacial score (nSPS) is 17.3. The van der Waals surface area contributed by atoms with Crippen molar-refractivity contribution in [3.05, 3.63) is 52.3 Å². The van der Waals surface area contributed by atoms with E-state index in [0.717, 1.165) is 43.2 Å². The van der Waals surface area contributed by atoms with E-state index in [1.165, 1.54) is 16.8 Å². The Hall–Kier alpha value is -2.01. The second kappa shape index (κ2) is 8.58. The smallest absolute Gasteiger partial charge is 0.191 e. The first-order chi connectivity index (χ1) is 12.5. The van der Waals surface area contributed by atoms with Crippen LogP contribution in [0.1, 0.15) is 43.1 Å². The second-order valence-electron chi connectivity index (χ2n) is 7.14. The van der Waals surface area contributed by atoms with E-state index in [9.17, 15) is 0 Å². The summed E-state index contributed by atoms with van der Waals surface area (Å²) in [4.78, 5) is 4.36. The van der Waals surface area contributed by atoms with Crippen molar-refractivity contribution >= 4 is 17.6 Å². The third-order valence-electron chi connectivity index (χ3n) is 4.79. The molecule has 0 saturated carbocycles. The van der Waals surface area contributed by atoms with Gasteiger partial charge in [-0.3, -0.25) is 9.67 Å².